The van der Waals surface area contributed by atoms with E-state index in [0.717, 1.165) is 11.3 Å². The molecule has 1 N–H and O–H groups in total. The lowest BCUT2D eigenvalue weighted by molar-refractivity contribution is -0.129. The molecule has 2 rings (SSSR count). The van der Waals surface area contributed by atoms with Crippen LogP contribution in [0.1, 0.15) is 53.5 Å². The van der Waals surface area contributed by atoms with Crippen molar-refractivity contribution in [2.75, 3.05) is 0 Å². The first-order chi connectivity index (χ1) is 9.06. The van der Waals surface area contributed by atoms with E-state index in [4.69, 9.17) is 9.47 Å². The van der Waals surface area contributed by atoms with Gasteiger partial charge in [0.25, 0.3) is 0 Å². The van der Waals surface area contributed by atoms with Crippen LogP contribution in [0.25, 0.3) is 0 Å². The van der Waals surface area contributed by atoms with Crippen LogP contribution < -0.4 is 4.74 Å². The van der Waals surface area contributed by atoms with E-state index in [1.54, 1.807) is 0 Å². The summed E-state index contributed by atoms with van der Waals surface area (Å²) in [5.41, 5.74) is -1.04. The van der Waals surface area contributed by atoms with Crippen LogP contribution in [-0.2, 0) is 10.3 Å². The fourth-order valence-electron chi connectivity index (χ4n) is 3.17. The molecule has 3 heteroatoms. The van der Waals surface area contributed by atoms with E-state index in [-0.39, 0.29) is 11.7 Å². The fourth-order valence-corrected chi connectivity index (χ4v) is 3.17. The molecule has 112 valence electrons. The lowest BCUT2D eigenvalue weighted by Gasteiger charge is -2.35. The van der Waals surface area contributed by atoms with Crippen LogP contribution in [0, 0.1) is 0 Å². The first-order valence-corrected chi connectivity index (χ1v) is 7.25. The van der Waals surface area contributed by atoms with Crippen molar-refractivity contribution < 1.29 is 14.6 Å². The quantitative estimate of drug-likeness (QED) is 0.917. The van der Waals surface area contributed by atoms with Crippen LogP contribution in [-0.4, -0.2) is 22.4 Å². The summed E-state index contributed by atoms with van der Waals surface area (Å²) in [6, 6.07) is 7.69. The van der Waals surface area contributed by atoms with E-state index >= 15 is 0 Å². The number of aliphatic hydroxyl groups is 1. The summed E-state index contributed by atoms with van der Waals surface area (Å²) in [6.07, 6.45) is 0.728. The normalized spacial score (nSPS) is 27.8. The molecule has 1 aliphatic rings. The second-order valence-electron chi connectivity index (χ2n) is 7.10. The minimum absolute atomic E-state index is 0.147. The van der Waals surface area contributed by atoms with Crippen molar-refractivity contribution in [1.82, 2.24) is 0 Å². The summed E-state index contributed by atoms with van der Waals surface area (Å²) < 4.78 is 11.7. The maximum absolute atomic E-state index is 11.1. The monoisotopic (exact) mass is 278 g/mol. The van der Waals surface area contributed by atoms with Crippen molar-refractivity contribution in [2.24, 2.45) is 0 Å². The summed E-state index contributed by atoms with van der Waals surface area (Å²) in [5, 5.41) is 11.1. The van der Waals surface area contributed by atoms with E-state index in [0.29, 0.717) is 6.42 Å². The Morgan fingerprint density at radius 1 is 1.10 bits per heavy atom. The van der Waals surface area contributed by atoms with E-state index in [1.807, 2.05) is 65.8 Å². The predicted octanol–water partition coefficient (Wildman–Crippen LogP) is 3.64. The Morgan fingerprint density at radius 3 is 2.05 bits per heavy atom. The molecule has 0 radical (unpaired) electrons. The van der Waals surface area contributed by atoms with Gasteiger partial charge in [0.2, 0.25) is 0 Å². The number of hydrogen-bond donors (Lipinski definition) is 1. The molecule has 1 heterocycles. The number of benzene rings is 1. The molecule has 1 atom stereocenters. The van der Waals surface area contributed by atoms with Crippen molar-refractivity contribution in [2.45, 2.75) is 70.9 Å². The molecule has 0 spiro atoms. The lowest BCUT2D eigenvalue weighted by Crippen LogP contribution is -2.43. The molecule has 1 aromatic rings. The number of hydrogen-bond acceptors (Lipinski definition) is 3. The van der Waals surface area contributed by atoms with Crippen LogP contribution >= 0.6 is 0 Å². The van der Waals surface area contributed by atoms with Crippen LogP contribution in [0.4, 0.5) is 0 Å². The van der Waals surface area contributed by atoms with Gasteiger partial charge in [0.15, 0.2) is 0 Å². The molecule has 20 heavy (non-hydrogen) atoms. The topological polar surface area (TPSA) is 38.7 Å². The van der Waals surface area contributed by atoms with Gasteiger partial charge < -0.3 is 14.6 Å². The van der Waals surface area contributed by atoms with Crippen molar-refractivity contribution in [3.63, 3.8) is 0 Å². The zero-order valence-electron chi connectivity index (χ0n) is 13.4. The number of rotatable bonds is 3. The Hall–Kier alpha value is -1.06. The van der Waals surface area contributed by atoms with Crippen LogP contribution in [0.15, 0.2) is 24.3 Å². The Labute approximate surface area is 121 Å². The minimum atomic E-state index is -0.979. The third-order valence-electron chi connectivity index (χ3n) is 3.91. The predicted molar refractivity (Wildman–Crippen MR) is 80.0 cm³/mol. The molecular formula is C17H26O3. The largest absolute Gasteiger partial charge is 0.491 e. The molecular weight excluding hydrogens is 252 g/mol. The molecule has 1 unspecified atom stereocenters. The van der Waals surface area contributed by atoms with Gasteiger partial charge in [0.05, 0.1) is 17.3 Å². The maximum Gasteiger partial charge on any atom is 0.121 e. The molecule has 1 aliphatic heterocycles. The van der Waals surface area contributed by atoms with Gasteiger partial charge in [0, 0.05) is 6.42 Å². The average Bonchev–Trinajstić information content (AvgIpc) is 2.43. The van der Waals surface area contributed by atoms with Crippen LogP contribution in [0.5, 0.6) is 5.75 Å². The molecule has 0 amide bonds. The SMILES string of the molecule is CC(C)Oc1ccc(C2(O)CC(C)(C)OC2(C)C)cc1. The van der Waals surface area contributed by atoms with Gasteiger partial charge >= 0.3 is 0 Å². The van der Waals surface area contributed by atoms with Gasteiger partial charge in [0.1, 0.15) is 11.4 Å². The number of ether oxygens (including phenoxy) is 2. The maximum atomic E-state index is 11.1. The second-order valence-corrected chi connectivity index (χ2v) is 7.10. The first-order valence-electron chi connectivity index (χ1n) is 7.25. The average molecular weight is 278 g/mol. The Kier molecular flexibility index (Phi) is 3.64. The minimum Gasteiger partial charge on any atom is -0.491 e. The fraction of sp³-hybridized carbons (Fsp3) is 0.647. The van der Waals surface area contributed by atoms with E-state index < -0.39 is 11.2 Å². The molecule has 0 saturated carbocycles. The molecule has 0 bridgehead atoms. The zero-order chi connectivity index (χ0) is 15.2. The van der Waals surface area contributed by atoms with Gasteiger partial charge in [-0.25, -0.2) is 0 Å². The molecule has 1 aromatic carbocycles. The molecule has 1 fully saturated rings. The van der Waals surface area contributed by atoms with Crippen molar-refractivity contribution >= 4 is 0 Å². The second kappa shape index (κ2) is 4.74. The lowest BCUT2D eigenvalue weighted by atomic mass is 9.77. The summed E-state index contributed by atoms with van der Waals surface area (Å²) in [7, 11) is 0. The summed E-state index contributed by atoms with van der Waals surface area (Å²) in [4.78, 5) is 0. The Bertz CT molecular complexity index is 474. The molecule has 0 aromatic heterocycles. The highest BCUT2D eigenvalue weighted by molar-refractivity contribution is 5.34. The molecule has 3 nitrogen and oxygen atoms in total. The Morgan fingerprint density at radius 2 is 1.65 bits per heavy atom. The van der Waals surface area contributed by atoms with Crippen molar-refractivity contribution in [3.8, 4) is 5.75 Å². The van der Waals surface area contributed by atoms with Gasteiger partial charge in [-0.1, -0.05) is 12.1 Å². The van der Waals surface area contributed by atoms with Crippen LogP contribution in [0.2, 0.25) is 0 Å². The van der Waals surface area contributed by atoms with Gasteiger partial charge in [-0.15, -0.1) is 0 Å². The summed E-state index contributed by atoms with van der Waals surface area (Å²) >= 11 is 0. The highest BCUT2D eigenvalue weighted by Crippen LogP contribution is 2.50. The first kappa shape index (κ1) is 15.3. The highest BCUT2D eigenvalue weighted by Gasteiger charge is 2.57. The van der Waals surface area contributed by atoms with Gasteiger partial charge in [-0.05, 0) is 59.2 Å². The van der Waals surface area contributed by atoms with Gasteiger partial charge in [-0.3, -0.25) is 0 Å². The summed E-state index contributed by atoms with van der Waals surface area (Å²) in [5.74, 6) is 0.823. The van der Waals surface area contributed by atoms with Crippen molar-refractivity contribution in [3.05, 3.63) is 29.8 Å². The van der Waals surface area contributed by atoms with E-state index in [2.05, 4.69) is 0 Å². The highest BCUT2D eigenvalue weighted by atomic mass is 16.5. The third kappa shape index (κ3) is 2.70. The standard InChI is InChI=1S/C17H26O3/c1-12(2)19-14-9-7-13(8-10-14)17(18)11-15(3,4)20-16(17,5)6/h7-10,12,18H,11H2,1-6H3. The van der Waals surface area contributed by atoms with Crippen LogP contribution in [0.3, 0.4) is 0 Å². The zero-order valence-corrected chi connectivity index (χ0v) is 13.4. The third-order valence-corrected chi connectivity index (χ3v) is 3.91. The molecule has 1 saturated heterocycles. The van der Waals surface area contributed by atoms with E-state index in [1.165, 1.54) is 0 Å². The molecule has 0 aliphatic carbocycles. The van der Waals surface area contributed by atoms with E-state index in [9.17, 15) is 5.11 Å². The van der Waals surface area contributed by atoms with Gasteiger partial charge in [-0.2, -0.15) is 0 Å². The smallest absolute Gasteiger partial charge is 0.121 e. The Balaban J connectivity index is 2.31. The van der Waals surface area contributed by atoms with Crippen molar-refractivity contribution in [1.29, 1.82) is 0 Å². The summed E-state index contributed by atoms with van der Waals surface area (Å²) in [6.45, 7) is 11.9.